The third-order valence-electron chi connectivity index (χ3n) is 14.2. The summed E-state index contributed by atoms with van der Waals surface area (Å²) in [6, 6.07) is 65.5. The fourth-order valence-corrected chi connectivity index (χ4v) is 11.4. The topological polar surface area (TPSA) is 16.4 Å². The fraction of sp³-hybridized carbons (Fsp3) is 0.103. The molecule has 0 saturated heterocycles. The zero-order valence-electron chi connectivity index (χ0n) is 34.1. The Bertz CT molecular complexity index is 3480. The van der Waals surface area contributed by atoms with E-state index < -0.39 is 0 Å². The summed E-state index contributed by atoms with van der Waals surface area (Å²) >= 11 is 0. The normalized spacial score (nSPS) is 14.6. The number of hydrogen-bond donors (Lipinski definition) is 0. The second-order valence-electron chi connectivity index (χ2n) is 18.0. The van der Waals surface area contributed by atoms with Crippen molar-refractivity contribution in [3.05, 3.63) is 198 Å². The quantitative estimate of drug-likeness (QED) is 0.177. The summed E-state index contributed by atoms with van der Waals surface area (Å²) in [7, 11) is 0. The number of furan rings is 1. The maximum Gasteiger partial charge on any atom is 0.137 e. The molecule has 0 atom stereocenters. The molecule has 0 fully saturated rings. The highest BCUT2D eigenvalue weighted by molar-refractivity contribution is 6.20. The molecule has 13 rings (SSSR count). The van der Waals surface area contributed by atoms with Gasteiger partial charge in [0.1, 0.15) is 11.2 Å². The Balaban J connectivity index is 1.07. The third-order valence-corrected chi connectivity index (χ3v) is 14.2. The number of rotatable bonds is 4. The van der Waals surface area contributed by atoms with Crippen LogP contribution in [0.2, 0.25) is 0 Å². The van der Waals surface area contributed by atoms with Gasteiger partial charge in [0.05, 0.1) is 16.8 Å². The van der Waals surface area contributed by atoms with Crippen LogP contribution in [0, 0.1) is 0 Å². The molecule has 9 aromatic carbocycles. The van der Waals surface area contributed by atoms with Gasteiger partial charge >= 0.3 is 0 Å². The third kappa shape index (κ3) is 4.33. The van der Waals surface area contributed by atoms with Gasteiger partial charge in [0, 0.05) is 27.5 Å². The van der Waals surface area contributed by atoms with Crippen LogP contribution in [0.5, 0.6) is 0 Å². The van der Waals surface area contributed by atoms with E-state index in [9.17, 15) is 0 Å². The van der Waals surface area contributed by atoms with Crippen LogP contribution in [0.4, 0.5) is 17.1 Å². The van der Waals surface area contributed by atoms with E-state index in [4.69, 9.17) is 4.42 Å². The molecule has 2 heteroatoms. The summed E-state index contributed by atoms with van der Waals surface area (Å²) in [4.78, 5) is 2.52. The molecule has 60 heavy (non-hydrogen) atoms. The van der Waals surface area contributed by atoms with Gasteiger partial charge < -0.3 is 9.32 Å². The zero-order valence-corrected chi connectivity index (χ0v) is 34.1. The fourth-order valence-electron chi connectivity index (χ4n) is 11.4. The molecule has 0 N–H and O–H groups in total. The van der Waals surface area contributed by atoms with Crippen LogP contribution in [0.1, 0.15) is 49.9 Å². The molecule has 0 unspecified atom stereocenters. The van der Waals surface area contributed by atoms with Crippen molar-refractivity contribution in [2.45, 2.75) is 38.5 Å². The van der Waals surface area contributed by atoms with Crippen molar-refractivity contribution in [1.29, 1.82) is 0 Å². The van der Waals surface area contributed by atoms with Gasteiger partial charge in [-0.2, -0.15) is 0 Å². The first-order valence-corrected chi connectivity index (χ1v) is 21.2. The minimum absolute atomic E-state index is 0.139. The van der Waals surface area contributed by atoms with Gasteiger partial charge in [-0.05, 0) is 126 Å². The Morgan fingerprint density at radius 3 is 1.77 bits per heavy atom. The molecule has 10 aromatic rings. The highest BCUT2D eigenvalue weighted by atomic mass is 16.3. The van der Waals surface area contributed by atoms with Crippen LogP contribution < -0.4 is 4.90 Å². The van der Waals surface area contributed by atoms with E-state index in [0.717, 1.165) is 33.3 Å². The summed E-state index contributed by atoms with van der Waals surface area (Å²) in [6.45, 7) is 9.47. The number of benzene rings is 9. The van der Waals surface area contributed by atoms with Gasteiger partial charge in [0.15, 0.2) is 0 Å². The molecule has 0 bridgehead atoms. The van der Waals surface area contributed by atoms with Gasteiger partial charge in [0.2, 0.25) is 0 Å². The van der Waals surface area contributed by atoms with Crippen molar-refractivity contribution < 1.29 is 4.42 Å². The predicted molar refractivity (Wildman–Crippen MR) is 251 cm³/mol. The number of hydrogen-bond acceptors (Lipinski definition) is 2. The van der Waals surface area contributed by atoms with Gasteiger partial charge in [-0.3, -0.25) is 0 Å². The van der Waals surface area contributed by atoms with E-state index in [-0.39, 0.29) is 10.8 Å². The van der Waals surface area contributed by atoms with Crippen molar-refractivity contribution in [3.63, 3.8) is 0 Å². The van der Waals surface area contributed by atoms with Crippen LogP contribution in [0.15, 0.2) is 180 Å². The second kappa shape index (κ2) is 11.7. The first-order chi connectivity index (χ1) is 29.3. The van der Waals surface area contributed by atoms with Crippen molar-refractivity contribution in [2.24, 2.45) is 0 Å². The monoisotopic (exact) mass is 767 g/mol. The summed E-state index contributed by atoms with van der Waals surface area (Å²) < 4.78 is 6.79. The summed E-state index contributed by atoms with van der Waals surface area (Å²) in [6.07, 6.45) is 0. The Kier molecular flexibility index (Phi) is 6.61. The molecule has 0 spiro atoms. The maximum absolute atomic E-state index is 6.79. The van der Waals surface area contributed by atoms with Gasteiger partial charge in [-0.15, -0.1) is 0 Å². The Hall–Kier alpha value is -7.16. The van der Waals surface area contributed by atoms with Gasteiger partial charge in [-0.1, -0.05) is 161 Å². The highest BCUT2D eigenvalue weighted by Gasteiger charge is 2.39. The molecule has 2 nitrogen and oxygen atoms in total. The first kappa shape index (κ1) is 33.8. The van der Waals surface area contributed by atoms with Crippen LogP contribution in [0.3, 0.4) is 0 Å². The minimum Gasteiger partial charge on any atom is -0.456 e. The van der Waals surface area contributed by atoms with Crippen molar-refractivity contribution in [2.75, 3.05) is 4.90 Å². The smallest absolute Gasteiger partial charge is 0.137 e. The van der Waals surface area contributed by atoms with Gasteiger partial charge in [0.25, 0.3) is 0 Å². The summed E-state index contributed by atoms with van der Waals surface area (Å²) in [5, 5.41) is 4.83. The molecule has 0 amide bonds. The lowest BCUT2D eigenvalue weighted by molar-refractivity contribution is 0.660. The molecule has 0 aliphatic heterocycles. The number of anilines is 3. The van der Waals surface area contributed by atoms with Crippen molar-refractivity contribution in [3.8, 4) is 55.6 Å². The zero-order chi connectivity index (χ0) is 40.1. The van der Waals surface area contributed by atoms with Crippen LogP contribution in [-0.2, 0) is 10.8 Å². The maximum atomic E-state index is 6.79. The molecule has 3 aliphatic carbocycles. The molecule has 3 aliphatic rings. The molecular weight excluding hydrogens is 727 g/mol. The van der Waals surface area contributed by atoms with Crippen molar-refractivity contribution in [1.82, 2.24) is 0 Å². The van der Waals surface area contributed by atoms with Crippen molar-refractivity contribution >= 4 is 49.8 Å². The van der Waals surface area contributed by atoms with E-state index in [1.807, 2.05) is 0 Å². The average molecular weight is 768 g/mol. The van der Waals surface area contributed by atoms with E-state index in [1.54, 1.807) is 0 Å². The molecule has 0 saturated carbocycles. The van der Waals surface area contributed by atoms with E-state index in [1.165, 1.54) is 94.3 Å². The van der Waals surface area contributed by atoms with Crippen LogP contribution in [-0.4, -0.2) is 0 Å². The minimum atomic E-state index is -0.148. The molecule has 284 valence electrons. The van der Waals surface area contributed by atoms with E-state index in [0.29, 0.717) is 0 Å². The molecule has 1 aromatic heterocycles. The standard InChI is InChI=1S/C58H41NO/c1-57(2)47-21-10-8-17-44(47)55-48(57)22-12-23-50(55)59(35-27-28-40-39-16-7-9-20-46(39)58(3,4)49(40)33-35)51-24-13-25-53-56(51)45-32-34(26-31-52(45)60-53)36-29-30-43-38-15-6-5-14-37(38)42-19-11-18-41(36)54(42)43/h5-33H,1-4H3. The van der Waals surface area contributed by atoms with Crippen LogP contribution >= 0.6 is 0 Å². The lowest BCUT2D eigenvalue weighted by atomic mass is 9.82. The average Bonchev–Trinajstić information content (AvgIpc) is 3.96. The number of nitrogens with zero attached hydrogens (tertiary/aromatic N) is 1. The summed E-state index contributed by atoms with van der Waals surface area (Å²) in [5.74, 6) is 0. The SMILES string of the molecule is CC1(C)c2ccccc2-c2ccc(N(c3cccc4c3-c3ccccc3C4(C)C)c3cccc4oc5ccc(-c6ccc7c8c(cccc68)-c6ccccc6-7)cc5c34)cc21. The Morgan fingerprint density at radius 1 is 0.367 bits per heavy atom. The predicted octanol–water partition coefficient (Wildman–Crippen LogP) is 16.1. The molecular formula is C58H41NO. The molecule has 0 radical (unpaired) electrons. The van der Waals surface area contributed by atoms with E-state index >= 15 is 0 Å². The largest absolute Gasteiger partial charge is 0.456 e. The lowest BCUT2D eigenvalue weighted by Gasteiger charge is -2.31. The van der Waals surface area contributed by atoms with Gasteiger partial charge in [-0.25, -0.2) is 0 Å². The highest BCUT2D eigenvalue weighted by Crippen LogP contribution is 2.57. The van der Waals surface area contributed by atoms with Crippen LogP contribution in [0.25, 0.3) is 88.3 Å². The Labute approximate surface area is 350 Å². The number of fused-ring (bicyclic) bond motifs is 12. The molecule has 1 heterocycles. The summed E-state index contributed by atoms with van der Waals surface area (Å²) in [5.41, 5.74) is 23.2. The first-order valence-electron chi connectivity index (χ1n) is 21.2. The van der Waals surface area contributed by atoms with E-state index in [2.05, 4.69) is 209 Å². The second-order valence-corrected chi connectivity index (χ2v) is 18.0. The lowest BCUT2D eigenvalue weighted by Crippen LogP contribution is -2.17. The Morgan fingerprint density at radius 2 is 0.950 bits per heavy atom.